The maximum absolute atomic E-state index is 10.7. The van der Waals surface area contributed by atoms with Crippen molar-refractivity contribution in [3.05, 3.63) is 28.3 Å². The molecule has 0 saturated heterocycles. The number of hydrogen-bond donors (Lipinski definition) is 2. The quantitative estimate of drug-likeness (QED) is 0.871. The number of hydrogen-bond acceptors (Lipinski definition) is 3. The molecular formula is C12H15ClO4. The van der Waals surface area contributed by atoms with Gasteiger partial charge in [-0.15, -0.1) is 0 Å². The van der Waals surface area contributed by atoms with Crippen LogP contribution in [0.5, 0.6) is 5.75 Å². The predicted octanol–water partition coefficient (Wildman–Crippen LogP) is 2.59. The molecule has 1 aromatic rings. The Balaban J connectivity index is 3.33. The van der Waals surface area contributed by atoms with E-state index in [9.17, 15) is 9.90 Å². The number of aliphatic carboxylic acids is 1. The molecule has 0 heterocycles. The van der Waals surface area contributed by atoms with Crippen LogP contribution in [-0.2, 0) is 4.79 Å². The van der Waals surface area contributed by atoms with E-state index in [1.54, 1.807) is 6.07 Å². The lowest BCUT2D eigenvalue weighted by atomic mass is 9.98. The molecule has 0 aromatic heterocycles. The largest absolute Gasteiger partial charge is 0.496 e. The van der Waals surface area contributed by atoms with E-state index < -0.39 is 12.1 Å². The van der Waals surface area contributed by atoms with Crippen LogP contribution in [0.4, 0.5) is 0 Å². The van der Waals surface area contributed by atoms with Gasteiger partial charge in [-0.3, -0.25) is 0 Å². The maximum atomic E-state index is 10.7. The summed E-state index contributed by atoms with van der Waals surface area (Å²) < 4.78 is 5.08. The van der Waals surface area contributed by atoms with Crippen molar-refractivity contribution in [1.29, 1.82) is 0 Å². The van der Waals surface area contributed by atoms with Crippen molar-refractivity contribution in [3.8, 4) is 5.75 Å². The molecule has 5 heteroatoms. The van der Waals surface area contributed by atoms with E-state index in [-0.39, 0.29) is 11.5 Å². The van der Waals surface area contributed by atoms with Crippen LogP contribution >= 0.6 is 11.6 Å². The van der Waals surface area contributed by atoms with Gasteiger partial charge in [0.25, 0.3) is 0 Å². The lowest BCUT2D eigenvalue weighted by Gasteiger charge is -2.16. The van der Waals surface area contributed by atoms with Gasteiger partial charge >= 0.3 is 5.97 Å². The number of benzene rings is 1. The van der Waals surface area contributed by atoms with Crippen molar-refractivity contribution < 1.29 is 19.7 Å². The summed E-state index contributed by atoms with van der Waals surface area (Å²) in [5.74, 6) is -0.822. The summed E-state index contributed by atoms with van der Waals surface area (Å²) in [6.45, 7) is 3.93. The maximum Gasteiger partial charge on any atom is 0.337 e. The van der Waals surface area contributed by atoms with Gasteiger partial charge in [0.1, 0.15) is 5.75 Å². The molecule has 1 aromatic carbocycles. The molecule has 0 aliphatic carbocycles. The van der Waals surface area contributed by atoms with E-state index in [4.69, 9.17) is 21.4 Å². The van der Waals surface area contributed by atoms with Crippen molar-refractivity contribution in [2.45, 2.75) is 25.9 Å². The van der Waals surface area contributed by atoms with Crippen molar-refractivity contribution in [3.63, 3.8) is 0 Å². The smallest absolute Gasteiger partial charge is 0.337 e. The van der Waals surface area contributed by atoms with Crippen molar-refractivity contribution in [1.82, 2.24) is 0 Å². The number of halogens is 1. The van der Waals surface area contributed by atoms with Crippen molar-refractivity contribution >= 4 is 17.6 Å². The molecule has 0 amide bonds. The van der Waals surface area contributed by atoms with Crippen molar-refractivity contribution in [2.24, 2.45) is 0 Å². The Morgan fingerprint density at radius 2 is 1.94 bits per heavy atom. The average Bonchev–Trinajstić information content (AvgIpc) is 2.27. The van der Waals surface area contributed by atoms with Crippen molar-refractivity contribution in [2.75, 3.05) is 7.11 Å². The number of carboxylic acids is 1. The molecule has 4 nitrogen and oxygen atoms in total. The number of aliphatic hydroxyl groups is 1. The number of carboxylic acid groups (broad SMARTS) is 1. The first-order valence-corrected chi connectivity index (χ1v) is 5.54. The third-order valence-corrected chi connectivity index (χ3v) is 2.83. The van der Waals surface area contributed by atoms with Crippen LogP contribution in [-0.4, -0.2) is 23.3 Å². The van der Waals surface area contributed by atoms with Crippen LogP contribution < -0.4 is 4.74 Å². The van der Waals surface area contributed by atoms with Gasteiger partial charge in [0.05, 0.1) is 7.11 Å². The molecule has 1 atom stereocenters. The fourth-order valence-corrected chi connectivity index (χ4v) is 1.94. The Hall–Kier alpha value is -1.26. The molecule has 0 saturated carbocycles. The fourth-order valence-electron chi connectivity index (χ4n) is 1.55. The first kappa shape index (κ1) is 13.8. The highest BCUT2D eigenvalue weighted by molar-refractivity contribution is 6.31. The van der Waals surface area contributed by atoms with Gasteiger partial charge in [-0.25, -0.2) is 4.79 Å². The summed E-state index contributed by atoms with van der Waals surface area (Å²) in [5, 5.41) is 18.7. The summed E-state index contributed by atoms with van der Waals surface area (Å²) in [6.07, 6.45) is -1.64. The molecule has 2 N–H and O–H groups in total. The highest BCUT2D eigenvalue weighted by Crippen LogP contribution is 2.34. The van der Waals surface area contributed by atoms with Gasteiger partial charge in [0.15, 0.2) is 6.10 Å². The number of methoxy groups -OCH3 is 1. The molecule has 0 fully saturated rings. The van der Waals surface area contributed by atoms with Crippen LogP contribution in [0.1, 0.15) is 37.0 Å². The Morgan fingerprint density at radius 3 is 2.35 bits per heavy atom. The lowest BCUT2D eigenvalue weighted by molar-refractivity contribution is -0.147. The molecule has 0 aliphatic rings. The number of rotatable bonds is 4. The second-order valence-electron chi connectivity index (χ2n) is 4.01. The highest BCUT2D eigenvalue weighted by Gasteiger charge is 2.22. The monoisotopic (exact) mass is 258 g/mol. The predicted molar refractivity (Wildman–Crippen MR) is 64.7 cm³/mol. The van der Waals surface area contributed by atoms with E-state index in [0.29, 0.717) is 10.8 Å². The minimum absolute atomic E-state index is 0.161. The highest BCUT2D eigenvalue weighted by atomic mass is 35.5. The topological polar surface area (TPSA) is 66.8 Å². The number of ether oxygens (including phenoxy) is 1. The molecule has 1 unspecified atom stereocenters. The summed E-state index contributed by atoms with van der Waals surface area (Å²) in [6, 6.07) is 3.10. The number of carbonyl (C=O) groups is 1. The summed E-state index contributed by atoms with van der Waals surface area (Å²) in [5.41, 5.74) is 1.01. The minimum Gasteiger partial charge on any atom is -0.496 e. The SMILES string of the molecule is COc1cc(C(C)C)c(Cl)cc1C(O)C(=O)O. The Bertz CT molecular complexity index is 429. The van der Waals surface area contributed by atoms with E-state index >= 15 is 0 Å². The molecule has 0 radical (unpaired) electrons. The second kappa shape index (κ2) is 5.38. The third kappa shape index (κ3) is 2.90. The van der Waals surface area contributed by atoms with Gasteiger partial charge in [0, 0.05) is 10.6 Å². The standard InChI is InChI=1S/C12H15ClO4/c1-6(2)7-5-10(17-3)8(4-9(7)13)11(14)12(15)16/h4-6,11,14H,1-3H3,(H,15,16). The Morgan fingerprint density at radius 1 is 1.35 bits per heavy atom. The zero-order valence-corrected chi connectivity index (χ0v) is 10.7. The first-order valence-electron chi connectivity index (χ1n) is 5.16. The van der Waals surface area contributed by atoms with Gasteiger partial charge in [-0.05, 0) is 23.6 Å². The minimum atomic E-state index is -1.64. The average molecular weight is 259 g/mol. The van der Waals surface area contributed by atoms with E-state index in [0.717, 1.165) is 5.56 Å². The van der Waals surface area contributed by atoms with Crippen LogP contribution in [0, 0.1) is 0 Å². The van der Waals surface area contributed by atoms with Crippen LogP contribution in [0.2, 0.25) is 5.02 Å². The van der Waals surface area contributed by atoms with Crippen LogP contribution in [0.15, 0.2) is 12.1 Å². The molecule has 17 heavy (non-hydrogen) atoms. The van der Waals surface area contributed by atoms with Gasteiger partial charge in [-0.2, -0.15) is 0 Å². The Labute approximate surface area is 105 Å². The molecule has 0 aliphatic heterocycles. The van der Waals surface area contributed by atoms with Crippen LogP contribution in [0.3, 0.4) is 0 Å². The van der Waals surface area contributed by atoms with E-state index in [1.165, 1.54) is 13.2 Å². The third-order valence-electron chi connectivity index (χ3n) is 2.50. The summed E-state index contributed by atoms with van der Waals surface area (Å²) >= 11 is 6.04. The van der Waals surface area contributed by atoms with Gasteiger partial charge in [-0.1, -0.05) is 25.4 Å². The Kier molecular flexibility index (Phi) is 4.37. The van der Waals surface area contributed by atoms with E-state index in [2.05, 4.69) is 0 Å². The molecule has 1 rings (SSSR count). The normalized spacial score (nSPS) is 12.6. The number of aliphatic hydroxyl groups excluding tert-OH is 1. The first-order chi connectivity index (χ1) is 7.88. The molecular weight excluding hydrogens is 244 g/mol. The van der Waals surface area contributed by atoms with Gasteiger partial charge < -0.3 is 14.9 Å². The fraction of sp³-hybridized carbons (Fsp3) is 0.417. The van der Waals surface area contributed by atoms with Gasteiger partial charge in [0.2, 0.25) is 0 Å². The lowest BCUT2D eigenvalue weighted by Crippen LogP contribution is -2.12. The van der Waals surface area contributed by atoms with Crippen LogP contribution in [0.25, 0.3) is 0 Å². The second-order valence-corrected chi connectivity index (χ2v) is 4.42. The zero-order valence-electron chi connectivity index (χ0n) is 9.90. The summed E-state index contributed by atoms with van der Waals surface area (Å²) in [4.78, 5) is 10.7. The van der Waals surface area contributed by atoms with E-state index in [1.807, 2.05) is 13.8 Å². The zero-order chi connectivity index (χ0) is 13.2. The molecule has 0 spiro atoms. The molecule has 94 valence electrons. The molecule has 0 bridgehead atoms. The summed E-state index contributed by atoms with van der Waals surface area (Å²) in [7, 11) is 1.42.